The molecule has 0 fully saturated rings. The molecule has 0 atom stereocenters. The van der Waals surface area contributed by atoms with Crippen molar-refractivity contribution < 1.29 is 4.79 Å². The average Bonchev–Trinajstić information content (AvgIpc) is 3.07. The molecule has 3 aromatic rings. The fraction of sp³-hybridized carbons (Fsp3) is 0.200. The first-order chi connectivity index (χ1) is 12.3. The van der Waals surface area contributed by atoms with Crippen molar-refractivity contribution in [2.75, 3.05) is 19.6 Å². The normalized spacial score (nSPS) is 11.2. The van der Waals surface area contributed by atoms with E-state index in [0.29, 0.717) is 12.1 Å². The zero-order valence-corrected chi connectivity index (χ0v) is 14.3. The van der Waals surface area contributed by atoms with E-state index in [1.807, 2.05) is 67.6 Å². The molecule has 0 radical (unpaired) electrons. The van der Waals surface area contributed by atoms with Gasteiger partial charge in [-0.3, -0.25) is 9.89 Å². The molecule has 1 aromatic heterocycles. The van der Waals surface area contributed by atoms with Crippen LogP contribution in [0.3, 0.4) is 0 Å². The van der Waals surface area contributed by atoms with Gasteiger partial charge >= 0.3 is 0 Å². The smallest absolute Gasteiger partial charge is 0.251 e. The maximum atomic E-state index is 12.0. The van der Waals surface area contributed by atoms with Crippen LogP contribution in [-0.4, -0.2) is 35.7 Å². The molecule has 1 amide bonds. The molecule has 0 saturated heterocycles. The van der Waals surface area contributed by atoms with Crippen molar-refractivity contribution in [2.45, 2.75) is 6.92 Å². The van der Waals surface area contributed by atoms with Crippen molar-refractivity contribution in [3.63, 3.8) is 0 Å². The zero-order chi connectivity index (χ0) is 17.5. The molecule has 3 rings (SSSR count). The van der Waals surface area contributed by atoms with E-state index < -0.39 is 0 Å². The summed E-state index contributed by atoms with van der Waals surface area (Å²) in [6.45, 7) is 4.35. The maximum absolute atomic E-state index is 12.0. The Morgan fingerprint density at radius 3 is 2.68 bits per heavy atom. The molecule has 5 heteroatoms. The third-order valence-corrected chi connectivity index (χ3v) is 3.94. The van der Waals surface area contributed by atoms with Gasteiger partial charge in [-0.15, -0.1) is 0 Å². The first-order valence-corrected chi connectivity index (χ1v) is 8.48. The number of carbonyl (C=O) groups excluding carboxylic acids is 1. The van der Waals surface area contributed by atoms with Gasteiger partial charge in [-0.25, -0.2) is 0 Å². The fourth-order valence-electron chi connectivity index (χ4n) is 2.58. The second-order valence-corrected chi connectivity index (χ2v) is 5.72. The first kappa shape index (κ1) is 16.9. The Hall–Kier alpha value is -2.92. The summed E-state index contributed by atoms with van der Waals surface area (Å²) in [6.07, 6.45) is 3.97. The molecule has 0 aliphatic carbocycles. The quantitative estimate of drug-likeness (QED) is 0.582. The Morgan fingerprint density at radius 2 is 1.88 bits per heavy atom. The minimum absolute atomic E-state index is 0.0493. The highest BCUT2D eigenvalue weighted by atomic mass is 16.1. The molecular weight excluding hydrogens is 312 g/mol. The minimum Gasteiger partial charge on any atom is -0.351 e. The Bertz CT molecular complexity index is 865. The van der Waals surface area contributed by atoms with Gasteiger partial charge < -0.3 is 10.6 Å². The van der Waals surface area contributed by atoms with Crippen molar-refractivity contribution in [1.82, 2.24) is 20.8 Å². The van der Waals surface area contributed by atoms with Crippen LogP contribution in [0.5, 0.6) is 0 Å². The lowest BCUT2D eigenvalue weighted by atomic mass is 10.1. The highest BCUT2D eigenvalue weighted by Gasteiger charge is 2.04. The number of hydrogen-bond donors (Lipinski definition) is 3. The lowest BCUT2D eigenvalue weighted by molar-refractivity contribution is 0.0954. The Balaban J connectivity index is 1.63. The number of fused-ring (bicyclic) bond motifs is 1. The van der Waals surface area contributed by atoms with Crippen molar-refractivity contribution >= 4 is 29.0 Å². The minimum atomic E-state index is -0.0493. The van der Waals surface area contributed by atoms with E-state index in [4.69, 9.17) is 0 Å². The van der Waals surface area contributed by atoms with E-state index in [2.05, 4.69) is 20.8 Å². The van der Waals surface area contributed by atoms with Gasteiger partial charge in [0.05, 0.1) is 11.2 Å². The van der Waals surface area contributed by atoms with Crippen LogP contribution in [0.2, 0.25) is 0 Å². The molecule has 0 aliphatic heterocycles. The van der Waals surface area contributed by atoms with Crippen LogP contribution in [0.25, 0.3) is 23.1 Å². The summed E-state index contributed by atoms with van der Waals surface area (Å²) in [5.74, 6) is -0.0493. The summed E-state index contributed by atoms with van der Waals surface area (Å²) in [4.78, 5) is 12.0. The summed E-state index contributed by atoms with van der Waals surface area (Å²) in [6, 6.07) is 15.6. The van der Waals surface area contributed by atoms with Gasteiger partial charge in [0, 0.05) is 24.0 Å². The summed E-state index contributed by atoms with van der Waals surface area (Å²) in [5.41, 5.74) is 3.61. The van der Waals surface area contributed by atoms with Gasteiger partial charge in [-0.2, -0.15) is 5.10 Å². The number of aromatic nitrogens is 2. The molecule has 25 heavy (non-hydrogen) atoms. The highest BCUT2D eigenvalue weighted by Crippen LogP contribution is 2.17. The van der Waals surface area contributed by atoms with Crippen LogP contribution < -0.4 is 10.6 Å². The van der Waals surface area contributed by atoms with Gasteiger partial charge in [-0.05, 0) is 36.4 Å². The molecular formula is C20H22N4O. The number of H-pyrrole nitrogens is 1. The Morgan fingerprint density at radius 1 is 1.08 bits per heavy atom. The number of aromatic amines is 1. The summed E-state index contributed by atoms with van der Waals surface area (Å²) >= 11 is 0. The predicted molar refractivity (Wildman–Crippen MR) is 102 cm³/mol. The Labute approximate surface area is 147 Å². The SMILES string of the molecule is CCNCCNC(=O)c1ccc(C=Cc2n[nH]c3ccccc23)cc1. The lowest BCUT2D eigenvalue weighted by Crippen LogP contribution is -2.31. The maximum Gasteiger partial charge on any atom is 0.251 e. The van der Waals surface area contributed by atoms with Gasteiger partial charge in [0.15, 0.2) is 0 Å². The van der Waals surface area contributed by atoms with Gasteiger partial charge in [0.1, 0.15) is 0 Å². The van der Waals surface area contributed by atoms with Crippen molar-refractivity contribution in [2.24, 2.45) is 0 Å². The van der Waals surface area contributed by atoms with E-state index in [-0.39, 0.29) is 5.91 Å². The number of likely N-dealkylation sites (N-methyl/N-ethyl adjacent to an activating group) is 1. The molecule has 1 heterocycles. The number of nitrogens with zero attached hydrogens (tertiary/aromatic N) is 1. The highest BCUT2D eigenvalue weighted by molar-refractivity contribution is 5.94. The van der Waals surface area contributed by atoms with E-state index in [1.54, 1.807) is 0 Å². The molecule has 3 N–H and O–H groups in total. The van der Waals surface area contributed by atoms with Crippen molar-refractivity contribution in [1.29, 1.82) is 0 Å². The van der Waals surface area contributed by atoms with Crippen molar-refractivity contribution in [3.8, 4) is 0 Å². The molecule has 0 bridgehead atoms. The van der Waals surface area contributed by atoms with Crippen LogP contribution in [0.4, 0.5) is 0 Å². The molecule has 0 aliphatic rings. The fourth-order valence-corrected chi connectivity index (χ4v) is 2.58. The van der Waals surface area contributed by atoms with E-state index >= 15 is 0 Å². The third kappa shape index (κ3) is 4.33. The number of rotatable bonds is 7. The summed E-state index contributed by atoms with van der Waals surface area (Å²) in [7, 11) is 0. The average molecular weight is 334 g/mol. The largest absolute Gasteiger partial charge is 0.351 e. The predicted octanol–water partition coefficient (Wildman–Crippen LogP) is 3.07. The van der Waals surface area contributed by atoms with Crippen LogP contribution in [0.1, 0.15) is 28.5 Å². The number of amides is 1. The lowest BCUT2D eigenvalue weighted by Gasteiger charge is -2.05. The molecule has 2 aromatic carbocycles. The van der Waals surface area contributed by atoms with Crippen LogP contribution in [0, 0.1) is 0 Å². The van der Waals surface area contributed by atoms with Crippen LogP contribution >= 0.6 is 0 Å². The second-order valence-electron chi connectivity index (χ2n) is 5.72. The standard InChI is InChI=1S/C20H22N4O/c1-2-21-13-14-22-20(25)16-10-7-15(8-11-16)9-12-19-17-5-3-4-6-18(17)23-24-19/h3-12,21H,2,13-14H2,1H3,(H,22,25)(H,23,24). The molecule has 0 unspecified atom stereocenters. The third-order valence-electron chi connectivity index (χ3n) is 3.94. The van der Waals surface area contributed by atoms with E-state index in [9.17, 15) is 4.79 Å². The molecule has 0 spiro atoms. The first-order valence-electron chi connectivity index (χ1n) is 8.48. The summed E-state index contributed by atoms with van der Waals surface area (Å²) in [5, 5.41) is 14.5. The Kier molecular flexibility index (Phi) is 5.59. The van der Waals surface area contributed by atoms with Crippen LogP contribution in [0.15, 0.2) is 48.5 Å². The number of hydrogen-bond acceptors (Lipinski definition) is 3. The number of benzene rings is 2. The van der Waals surface area contributed by atoms with E-state index in [1.165, 1.54) is 0 Å². The van der Waals surface area contributed by atoms with Crippen LogP contribution in [-0.2, 0) is 0 Å². The monoisotopic (exact) mass is 334 g/mol. The van der Waals surface area contributed by atoms with Crippen molar-refractivity contribution in [3.05, 3.63) is 65.4 Å². The molecule has 128 valence electrons. The number of nitrogens with one attached hydrogen (secondary N) is 3. The van der Waals surface area contributed by atoms with Gasteiger partial charge in [-0.1, -0.05) is 43.3 Å². The molecule has 0 saturated carbocycles. The zero-order valence-electron chi connectivity index (χ0n) is 14.3. The second kappa shape index (κ2) is 8.26. The van der Waals surface area contributed by atoms with E-state index in [0.717, 1.165) is 35.2 Å². The summed E-state index contributed by atoms with van der Waals surface area (Å²) < 4.78 is 0. The van der Waals surface area contributed by atoms with Gasteiger partial charge in [0.25, 0.3) is 5.91 Å². The molecule has 5 nitrogen and oxygen atoms in total. The topological polar surface area (TPSA) is 69.8 Å². The number of para-hydroxylation sites is 1. The number of carbonyl (C=O) groups is 1. The van der Waals surface area contributed by atoms with Gasteiger partial charge in [0.2, 0.25) is 0 Å².